The topological polar surface area (TPSA) is 57.4 Å². The number of rotatable bonds is 7. The van der Waals surface area contributed by atoms with Crippen LogP contribution in [0.25, 0.3) is 0 Å². The van der Waals surface area contributed by atoms with Crippen LogP contribution in [-0.2, 0) is 17.6 Å². The van der Waals surface area contributed by atoms with Crippen molar-refractivity contribution in [3.05, 3.63) is 53.9 Å². The maximum atomic E-state index is 5.83. The minimum Gasteiger partial charge on any atom is -0.456 e. The SMILES string of the molecule is COCCc1ccc(Oc2cncc(CC(C)N)c2)cc1. The lowest BCUT2D eigenvalue weighted by molar-refractivity contribution is 0.202. The number of benzene rings is 1. The van der Waals surface area contributed by atoms with Crippen LogP contribution in [0.15, 0.2) is 42.7 Å². The fraction of sp³-hybridized carbons (Fsp3) is 0.353. The lowest BCUT2D eigenvalue weighted by Gasteiger charge is -2.09. The molecule has 21 heavy (non-hydrogen) atoms. The van der Waals surface area contributed by atoms with Crippen LogP contribution in [0.5, 0.6) is 11.5 Å². The van der Waals surface area contributed by atoms with Gasteiger partial charge in [0.2, 0.25) is 0 Å². The third-order valence-electron chi connectivity index (χ3n) is 3.08. The second-order valence-corrected chi connectivity index (χ2v) is 5.20. The molecule has 0 amide bonds. The highest BCUT2D eigenvalue weighted by Crippen LogP contribution is 2.22. The third kappa shape index (κ3) is 5.17. The normalized spacial score (nSPS) is 12.1. The van der Waals surface area contributed by atoms with E-state index < -0.39 is 0 Å². The molecule has 1 atom stereocenters. The van der Waals surface area contributed by atoms with E-state index in [0.717, 1.165) is 36.5 Å². The third-order valence-corrected chi connectivity index (χ3v) is 3.08. The highest BCUT2D eigenvalue weighted by Gasteiger charge is 2.03. The van der Waals surface area contributed by atoms with E-state index in [0.29, 0.717) is 0 Å². The van der Waals surface area contributed by atoms with Crippen molar-refractivity contribution in [2.45, 2.75) is 25.8 Å². The average Bonchev–Trinajstić information content (AvgIpc) is 2.46. The molecule has 4 nitrogen and oxygen atoms in total. The van der Waals surface area contributed by atoms with Crippen LogP contribution in [-0.4, -0.2) is 24.7 Å². The molecule has 1 aromatic carbocycles. The fourth-order valence-electron chi connectivity index (χ4n) is 2.08. The molecule has 0 spiro atoms. The predicted molar refractivity (Wildman–Crippen MR) is 83.7 cm³/mol. The number of pyridine rings is 1. The van der Waals surface area contributed by atoms with Gasteiger partial charge in [0.05, 0.1) is 12.8 Å². The van der Waals surface area contributed by atoms with E-state index >= 15 is 0 Å². The molecule has 0 saturated carbocycles. The molecule has 2 N–H and O–H groups in total. The van der Waals surface area contributed by atoms with E-state index in [1.54, 1.807) is 13.3 Å². The zero-order valence-corrected chi connectivity index (χ0v) is 12.6. The summed E-state index contributed by atoms with van der Waals surface area (Å²) in [6.07, 6.45) is 5.23. The summed E-state index contributed by atoms with van der Waals surface area (Å²) in [6, 6.07) is 10.1. The van der Waals surface area contributed by atoms with Gasteiger partial charge in [-0.3, -0.25) is 4.98 Å². The van der Waals surface area contributed by atoms with E-state index in [1.165, 1.54) is 5.56 Å². The number of methoxy groups -OCH3 is 1. The number of hydrogen-bond donors (Lipinski definition) is 1. The van der Waals surface area contributed by atoms with Crippen LogP contribution in [0.2, 0.25) is 0 Å². The first-order valence-electron chi connectivity index (χ1n) is 7.12. The Kier molecular flexibility index (Phi) is 5.72. The average molecular weight is 286 g/mol. The molecule has 0 aliphatic carbocycles. The standard InChI is InChI=1S/C17H22N2O2/c1-13(18)9-15-10-17(12-19-11-15)21-16-5-3-14(4-6-16)7-8-20-2/h3-6,10-13H,7-9,18H2,1-2H3. The fourth-order valence-corrected chi connectivity index (χ4v) is 2.08. The largest absolute Gasteiger partial charge is 0.456 e. The zero-order chi connectivity index (χ0) is 15.1. The molecule has 4 heteroatoms. The number of ether oxygens (including phenoxy) is 2. The van der Waals surface area contributed by atoms with Gasteiger partial charge in [0.1, 0.15) is 11.5 Å². The number of hydrogen-bond acceptors (Lipinski definition) is 4. The zero-order valence-electron chi connectivity index (χ0n) is 12.6. The second kappa shape index (κ2) is 7.76. The summed E-state index contributed by atoms with van der Waals surface area (Å²) in [5.41, 5.74) is 8.12. The summed E-state index contributed by atoms with van der Waals surface area (Å²) >= 11 is 0. The summed E-state index contributed by atoms with van der Waals surface area (Å²) in [4.78, 5) is 4.19. The maximum absolute atomic E-state index is 5.83. The molecule has 0 bridgehead atoms. The van der Waals surface area contributed by atoms with Crippen LogP contribution < -0.4 is 10.5 Å². The minimum absolute atomic E-state index is 0.113. The monoisotopic (exact) mass is 286 g/mol. The molecule has 0 aliphatic heterocycles. The Hall–Kier alpha value is -1.91. The summed E-state index contributed by atoms with van der Waals surface area (Å²) in [6.45, 7) is 2.70. The van der Waals surface area contributed by atoms with E-state index in [-0.39, 0.29) is 6.04 Å². The number of aromatic nitrogens is 1. The lowest BCUT2D eigenvalue weighted by atomic mass is 10.1. The first kappa shape index (κ1) is 15.5. The molecule has 0 saturated heterocycles. The summed E-state index contributed by atoms with van der Waals surface area (Å²) < 4.78 is 10.9. The van der Waals surface area contributed by atoms with Crippen molar-refractivity contribution in [2.75, 3.05) is 13.7 Å². The first-order valence-corrected chi connectivity index (χ1v) is 7.12. The van der Waals surface area contributed by atoms with Crippen molar-refractivity contribution in [3.8, 4) is 11.5 Å². The van der Waals surface area contributed by atoms with Crippen LogP contribution in [0.4, 0.5) is 0 Å². The van der Waals surface area contributed by atoms with Gasteiger partial charge in [-0.25, -0.2) is 0 Å². The van der Waals surface area contributed by atoms with Gasteiger partial charge in [-0.1, -0.05) is 12.1 Å². The minimum atomic E-state index is 0.113. The van der Waals surface area contributed by atoms with E-state index in [4.69, 9.17) is 15.2 Å². The Labute approximate surface area is 125 Å². The van der Waals surface area contributed by atoms with Gasteiger partial charge >= 0.3 is 0 Å². The molecule has 1 heterocycles. The van der Waals surface area contributed by atoms with Gasteiger partial charge in [-0.2, -0.15) is 0 Å². The summed E-state index contributed by atoms with van der Waals surface area (Å²) in [5.74, 6) is 1.54. The van der Waals surface area contributed by atoms with Crippen molar-refractivity contribution in [2.24, 2.45) is 5.73 Å². The summed E-state index contributed by atoms with van der Waals surface area (Å²) in [5, 5.41) is 0. The highest BCUT2D eigenvalue weighted by atomic mass is 16.5. The quantitative estimate of drug-likeness (QED) is 0.850. The van der Waals surface area contributed by atoms with Gasteiger partial charge in [-0.05, 0) is 49.1 Å². The molecule has 0 fully saturated rings. The molecular formula is C17H22N2O2. The molecule has 0 aliphatic rings. The van der Waals surface area contributed by atoms with E-state index in [9.17, 15) is 0 Å². The molecule has 112 valence electrons. The van der Waals surface area contributed by atoms with Gasteiger partial charge in [0.25, 0.3) is 0 Å². The highest BCUT2D eigenvalue weighted by molar-refractivity contribution is 5.33. The van der Waals surface area contributed by atoms with E-state index in [1.807, 2.05) is 43.5 Å². The lowest BCUT2D eigenvalue weighted by Crippen LogP contribution is -2.17. The Morgan fingerprint density at radius 2 is 1.86 bits per heavy atom. The van der Waals surface area contributed by atoms with Crippen LogP contribution in [0.1, 0.15) is 18.1 Å². The predicted octanol–water partition coefficient (Wildman–Crippen LogP) is 2.95. The maximum Gasteiger partial charge on any atom is 0.145 e. The Morgan fingerprint density at radius 3 is 2.52 bits per heavy atom. The number of nitrogens with two attached hydrogens (primary N) is 1. The van der Waals surface area contributed by atoms with Crippen molar-refractivity contribution in [1.82, 2.24) is 4.98 Å². The smallest absolute Gasteiger partial charge is 0.145 e. The molecule has 0 radical (unpaired) electrons. The summed E-state index contributed by atoms with van der Waals surface area (Å²) in [7, 11) is 1.71. The van der Waals surface area contributed by atoms with Crippen LogP contribution in [0, 0.1) is 0 Å². The van der Waals surface area contributed by atoms with E-state index in [2.05, 4.69) is 4.98 Å². The van der Waals surface area contributed by atoms with Crippen LogP contribution >= 0.6 is 0 Å². The Balaban J connectivity index is 2.00. The van der Waals surface area contributed by atoms with Crippen molar-refractivity contribution < 1.29 is 9.47 Å². The van der Waals surface area contributed by atoms with Gasteiger partial charge < -0.3 is 15.2 Å². The Bertz CT molecular complexity index is 553. The van der Waals surface area contributed by atoms with Gasteiger partial charge in [0.15, 0.2) is 0 Å². The molecule has 2 aromatic rings. The number of nitrogens with zero attached hydrogens (tertiary/aromatic N) is 1. The molecule has 1 aromatic heterocycles. The molecular weight excluding hydrogens is 264 g/mol. The van der Waals surface area contributed by atoms with Crippen LogP contribution in [0.3, 0.4) is 0 Å². The second-order valence-electron chi connectivity index (χ2n) is 5.20. The van der Waals surface area contributed by atoms with Crippen molar-refractivity contribution >= 4 is 0 Å². The molecule has 2 rings (SSSR count). The first-order chi connectivity index (χ1) is 10.2. The van der Waals surface area contributed by atoms with Crippen molar-refractivity contribution in [1.29, 1.82) is 0 Å². The molecule has 1 unspecified atom stereocenters. The van der Waals surface area contributed by atoms with Gasteiger partial charge in [-0.15, -0.1) is 0 Å². The van der Waals surface area contributed by atoms with Gasteiger partial charge in [0, 0.05) is 19.3 Å². The Morgan fingerprint density at radius 1 is 1.10 bits per heavy atom. The van der Waals surface area contributed by atoms with Crippen molar-refractivity contribution in [3.63, 3.8) is 0 Å².